The van der Waals surface area contributed by atoms with Crippen LogP contribution in [0.4, 0.5) is 0 Å². The van der Waals surface area contributed by atoms with Gasteiger partial charge in [0.15, 0.2) is 0 Å². The molecule has 15 heavy (non-hydrogen) atoms. The minimum Gasteiger partial charge on any atom is -0.314 e. The minimum atomic E-state index is 0.832. The van der Waals surface area contributed by atoms with E-state index < -0.39 is 0 Å². The highest BCUT2D eigenvalue weighted by Gasteiger charge is 2.19. The maximum Gasteiger partial charge on any atom is 0.0400 e. The molecule has 0 aromatic rings. The van der Waals surface area contributed by atoms with Crippen LogP contribution in [0.5, 0.6) is 0 Å². The first-order chi connectivity index (χ1) is 7.34. The van der Waals surface area contributed by atoms with Gasteiger partial charge in [0.05, 0.1) is 0 Å². The van der Waals surface area contributed by atoms with Crippen molar-refractivity contribution in [3.8, 4) is 0 Å². The number of aliphatic imine (C=N–C) groups is 1. The van der Waals surface area contributed by atoms with Crippen LogP contribution in [-0.4, -0.2) is 18.8 Å². The maximum atomic E-state index is 4.46. The van der Waals surface area contributed by atoms with E-state index in [0.29, 0.717) is 0 Å². The van der Waals surface area contributed by atoms with Crippen molar-refractivity contribution in [1.82, 2.24) is 5.32 Å². The molecule has 0 spiro atoms. The van der Waals surface area contributed by atoms with E-state index in [-0.39, 0.29) is 0 Å². The average Bonchev–Trinajstić information content (AvgIpc) is 3.02. The van der Waals surface area contributed by atoms with Crippen molar-refractivity contribution in [1.29, 1.82) is 0 Å². The highest BCUT2D eigenvalue weighted by molar-refractivity contribution is 5.63. The lowest BCUT2D eigenvalue weighted by Crippen LogP contribution is -2.17. The third kappa shape index (κ3) is 4.00. The Balaban J connectivity index is 1.68. The molecule has 82 valence electrons. The summed E-state index contributed by atoms with van der Waals surface area (Å²) in [6.07, 6.45) is 12.4. The Hall–Kier alpha value is -0.890. The van der Waals surface area contributed by atoms with E-state index in [0.717, 1.165) is 25.4 Å². The van der Waals surface area contributed by atoms with Gasteiger partial charge in [0.25, 0.3) is 0 Å². The van der Waals surface area contributed by atoms with Gasteiger partial charge in [-0.3, -0.25) is 4.99 Å². The van der Waals surface area contributed by atoms with Crippen LogP contribution in [0.1, 0.15) is 39.0 Å². The molecule has 0 aromatic carbocycles. The summed E-state index contributed by atoms with van der Waals surface area (Å²) in [5.41, 5.74) is 2.62. The molecule has 0 saturated heterocycles. The van der Waals surface area contributed by atoms with Gasteiger partial charge in [-0.25, -0.2) is 0 Å². The quantitative estimate of drug-likeness (QED) is 0.684. The summed E-state index contributed by atoms with van der Waals surface area (Å²) in [5.74, 6) is 0. The van der Waals surface area contributed by atoms with Crippen molar-refractivity contribution in [2.45, 2.75) is 45.1 Å². The highest BCUT2D eigenvalue weighted by atomic mass is 14.9. The van der Waals surface area contributed by atoms with Gasteiger partial charge in [-0.2, -0.15) is 0 Å². The minimum absolute atomic E-state index is 0.832. The van der Waals surface area contributed by atoms with Crippen LogP contribution in [0.25, 0.3) is 0 Å². The summed E-state index contributed by atoms with van der Waals surface area (Å²) in [6, 6.07) is 0.832. The van der Waals surface area contributed by atoms with Gasteiger partial charge in [-0.05, 0) is 45.2 Å². The molecule has 1 aliphatic carbocycles. The van der Waals surface area contributed by atoms with Crippen LogP contribution in [0.15, 0.2) is 28.4 Å². The zero-order chi connectivity index (χ0) is 10.5. The van der Waals surface area contributed by atoms with Crippen LogP contribution in [0.3, 0.4) is 0 Å². The molecule has 0 atom stereocenters. The van der Waals surface area contributed by atoms with Crippen molar-refractivity contribution < 1.29 is 0 Å². The smallest absolute Gasteiger partial charge is 0.0400 e. The molecule has 0 unspecified atom stereocenters. The Morgan fingerprint density at radius 3 is 3.07 bits per heavy atom. The molecule has 1 N–H and O–H groups in total. The van der Waals surface area contributed by atoms with E-state index in [2.05, 4.69) is 29.4 Å². The molecule has 2 heteroatoms. The Morgan fingerprint density at radius 2 is 2.27 bits per heavy atom. The zero-order valence-electron chi connectivity index (χ0n) is 9.50. The first-order valence-corrected chi connectivity index (χ1v) is 5.97. The van der Waals surface area contributed by atoms with Gasteiger partial charge in [0.1, 0.15) is 0 Å². The molecular formula is C13H20N2. The summed E-state index contributed by atoms with van der Waals surface area (Å²) in [4.78, 5) is 4.46. The largest absolute Gasteiger partial charge is 0.314 e. The average molecular weight is 204 g/mol. The van der Waals surface area contributed by atoms with E-state index in [1.165, 1.54) is 30.5 Å². The molecule has 1 fully saturated rings. The molecule has 1 aliphatic heterocycles. The Kier molecular flexibility index (Phi) is 3.73. The van der Waals surface area contributed by atoms with Gasteiger partial charge in [-0.15, -0.1) is 0 Å². The predicted molar refractivity (Wildman–Crippen MR) is 65.2 cm³/mol. The first-order valence-electron chi connectivity index (χ1n) is 5.97. The lowest BCUT2D eigenvalue weighted by atomic mass is 10.2. The van der Waals surface area contributed by atoms with Gasteiger partial charge >= 0.3 is 0 Å². The summed E-state index contributed by atoms with van der Waals surface area (Å²) in [6.45, 7) is 3.29. The van der Waals surface area contributed by atoms with Crippen LogP contribution >= 0.6 is 0 Å². The monoisotopic (exact) mass is 204 g/mol. The van der Waals surface area contributed by atoms with Crippen molar-refractivity contribution in [2.75, 3.05) is 6.54 Å². The van der Waals surface area contributed by atoms with E-state index in [1.807, 2.05) is 6.21 Å². The second-order valence-corrected chi connectivity index (χ2v) is 4.52. The third-order valence-corrected chi connectivity index (χ3v) is 2.85. The second kappa shape index (κ2) is 5.26. The fourth-order valence-corrected chi connectivity index (χ4v) is 1.67. The molecule has 2 aliphatic rings. The standard InChI is InChI=1S/C13H20N2/c1-11-4-5-12(15-10-8-11)3-2-9-14-13-6-7-13/h4-5,10,13-14H,2-3,6-9H2,1H3. The number of nitrogens with zero attached hydrogens (tertiary/aromatic N) is 1. The Bertz CT molecular complexity index is 296. The molecule has 1 saturated carbocycles. The van der Waals surface area contributed by atoms with E-state index in [1.54, 1.807) is 0 Å². The second-order valence-electron chi connectivity index (χ2n) is 4.52. The van der Waals surface area contributed by atoms with Crippen molar-refractivity contribution in [3.63, 3.8) is 0 Å². The number of rotatable bonds is 5. The molecule has 0 aromatic heterocycles. The number of allylic oxidation sites excluding steroid dienone is 4. The molecule has 2 nitrogen and oxygen atoms in total. The van der Waals surface area contributed by atoms with Crippen molar-refractivity contribution in [3.05, 3.63) is 23.4 Å². The lowest BCUT2D eigenvalue weighted by molar-refractivity contribution is 0.642. The number of hydrogen-bond donors (Lipinski definition) is 1. The van der Waals surface area contributed by atoms with Gasteiger partial charge in [-0.1, -0.05) is 11.6 Å². The van der Waals surface area contributed by atoms with E-state index in [9.17, 15) is 0 Å². The maximum absolute atomic E-state index is 4.46. The van der Waals surface area contributed by atoms with Crippen LogP contribution < -0.4 is 5.32 Å². The van der Waals surface area contributed by atoms with E-state index >= 15 is 0 Å². The fraction of sp³-hybridized carbons (Fsp3) is 0.615. The third-order valence-electron chi connectivity index (χ3n) is 2.85. The molecule has 0 bridgehead atoms. The lowest BCUT2D eigenvalue weighted by Gasteiger charge is -2.02. The van der Waals surface area contributed by atoms with E-state index in [4.69, 9.17) is 0 Å². The summed E-state index contributed by atoms with van der Waals surface area (Å²) in [7, 11) is 0. The first kappa shape index (κ1) is 10.6. The van der Waals surface area contributed by atoms with Crippen LogP contribution in [0, 0.1) is 0 Å². The molecule has 0 radical (unpaired) electrons. The highest BCUT2D eigenvalue weighted by Crippen LogP contribution is 2.19. The predicted octanol–water partition coefficient (Wildman–Crippen LogP) is 2.82. The van der Waals surface area contributed by atoms with Gasteiger partial charge in [0, 0.05) is 24.4 Å². The van der Waals surface area contributed by atoms with Gasteiger partial charge in [0.2, 0.25) is 0 Å². The number of nitrogens with one attached hydrogen (secondary N) is 1. The SMILES string of the molecule is CC1=CC=C(CCCNC2CC2)N=CC1. The summed E-state index contributed by atoms with van der Waals surface area (Å²) < 4.78 is 0. The fourth-order valence-electron chi connectivity index (χ4n) is 1.67. The topological polar surface area (TPSA) is 24.4 Å². The van der Waals surface area contributed by atoms with Crippen LogP contribution in [-0.2, 0) is 0 Å². The van der Waals surface area contributed by atoms with Crippen LogP contribution in [0.2, 0.25) is 0 Å². The zero-order valence-corrected chi connectivity index (χ0v) is 9.50. The Labute approximate surface area is 92.2 Å². The molecular weight excluding hydrogens is 184 g/mol. The Morgan fingerprint density at radius 1 is 1.40 bits per heavy atom. The molecule has 2 rings (SSSR count). The molecule has 1 heterocycles. The summed E-state index contributed by atoms with van der Waals surface area (Å²) >= 11 is 0. The van der Waals surface area contributed by atoms with Crippen molar-refractivity contribution >= 4 is 6.21 Å². The molecule has 0 amide bonds. The number of hydrogen-bond acceptors (Lipinski definition) is 2. The summed E-state index contributed by atoms with van der Waals surface area (Å²) in [5, 5.41) is 3.53. The normalized spacial score (nSPS) is 20.9. The van der Waals surface area contributed by atoms with Gasteiger partial charge < -0.3 is 5.32 Å². The van der Waals surface area contributed by atoms with Crippen molar-refractivity contribution in [2.24, 2.45) is 4.99 Å².